The molecule has 1 fully saturated rings. The first-order chi connectivity index (χ1) is 13.6. The van der Waals surface area contributed by atoms with Crippen LogP contribution in [0.3, 0.4) is 0 Å². The number of amides is 1. The summed E-state index contributed by atoms with van der Waals surface area (Å²) in [6.45, 7) is 1.15. The zero-order valence-electron chi connectivity index (χ0n) is 15.0. The Morgan fingerprint density at radius 2 is 1.75 bits per heavy atom. The van der Waals surface area contributed by atoms with Crippen molar-refractivity contribution in [2.75, 3.05) is 13.1 Å². The fourth-order valence-electron chi connectivity index (χ4n) is 3.27. The highest BCUT2D eigenvalue weighted by molar-refractivity contribution is 5.96. The summed E-state index contributed by atoms with van der Waals surface area (Å²) in [6, 6.07) is 11.5. The molecule has 1 amide bonds. The first-order valence-electron chi connectivity index (χ1n) is 8.99. The van der Waals surface area contributed by atoms with Crippen molar-refractivity contribution in [3.8, 4) is 11.5 Å². The Hall–Kier alpha value is -3.55. The third-order valence-corrected chi connectivity index (χ3v) is 4.85. The number of nitrogens with zero attached hydrogens (tertiary/aromatic N) is 4. The van der Waals surface area contributed by atoms with E-state index in [4.69, 9.17) is 9.63 Å². The van der Waals surface area contributed by atoms with Crippen LogP contribution in [0.15, 0.2) is 53.2 Å². The van der Waals surface area contributed by atoms with Crippen molar-refractivity contribution in [2.45, 2.75) is 18.8 Å². The quantitative estimate of drug-likeness (QED) is 0.743. The van der Waals surface area contributed by atoms with Gasteiger partial charge in [-0.2, -0.15) is 4.98 Å². The monoisotopic (exact) mass is 378 g/mol. The fourth-order valence-corrected chi connectivity index (χ4v) is 3.27. The molecule has 4 rings (SSSR count). The van der Waals surface area contributed by atoms with Crippen LogP contribution in [0.4, 0.5) is 0 Å². The molecule has 0 radical (unpaired) electrons. The van der Waals surface area contributed by atoms with Crippen molar-refractivity contribution >= 4 is 11.9 Å². The maximum absolute atomic E-state index is 12.6. The van der Waals surface area contributed by atoms with E-state index < -0.39 is 5.97 Å². The second-order valence-electron chi connectivity index (χ2n) is 6.62. The van der Waals surface area contributed by atoms with Crippen LogP contribution in [-0.4, -0.2) is 50.1 Å². The summed E-state index contributed by atoms with van der Waals surface area (Å²) in [7, 11) is 0. The smallest absolute Gasteiger partial charge is 0.335 e. The van der Waals surface area contributed by atoms with E-state index >= 15 is 0 Å². The molecular formula is C20H18N4O4. The molecule has 3 aromatic rings. The zero-order chi connectivity index (χ0) is 19.5. The molecule has 8 nitrogen and oxygen atoms in total. The standard InChI is InChI=1S/C20H18N4O4/c25-19(14-4-6-15(7-5-14)20(26)27)24-11-8-13(9-12-24)18-22-17(23-28-18)16-3-1-2-10-21-16/h1-7,10,13H,8-9,11-12H2,(H,26,27). The van der Waals surface area contributed by atoms with E-state index in [-0.39, 0.29) is 17.4 Å². The van der Waals surface area contributed by atoms with Crippen molar-refractivity contribution in [1.29, 1.82) is 0 Å². The van der Waals surface area contributed by atoms with E-state index in [9.17, 15) is 9.59 Å². The molecule has 3 heterocycles. The summed E-state index contributed by atoms with van der Waals surface area (Å²) in [5, 5.41) is 13.0. The molecule has 1 saturated heterocycles. The van der Waals surface area contributed by atoms with Gasteiger partial charge in [-0.3, -0.25) is 9.78 Å². The Morgan fingerprint density at radius 3 is 2.39 bits per heavy atom. The Morgan fingerprint density at radius 1 is 1.04 bits per heavy atom. The number of carboxylic acids is 1. The van der Waals surface area contributed by atoms with Crippen LogP contribution in [0.5, 0.6) is 0 Å². The van der Waals surface area contributed by atoms with Crippen LogP contribution in [0.25, 0.3) is 11.5 Å². The molecule has 0 unspecified atom stereocenters. The summed E-state index contributed by atoms with van der Waals surface area (Å²) >= 11 is 0. The van der Waals surface area contributed by atoms with E-state index in [0.717, 1.165) is 12.8 Å². The number of aromatic carboxylic acids is 1. The average Bonchev–Trinajstić information content (AvgIpc) is 3.24. The molecule has 2 aromatic heterocycles. The number of pyridine rings is 1. The maximum Gasteiger partial charge on any atom is 0.335 e. The highest BCUT2D eigenvalue weighted by Crippen LogP contribution is 2.28. The highest BCUT2D eigenvalue weighted by Gasteiger charge is 2.28. The van der Waals surface area contributed by atoms with Gasteiger partial charge >= 0.3 is 5.97 Å². The van der Waals surface area contributed by atoms with Crippen molar-refractivity contribution in [3.05, 3.63) is 65.7 Å². The Labute approximate surface area is 160 Å². The zero-order valence-corrected chi connectivity index (χ0v) is 15.0. The van der Waals surface area contributed by atoms with Crippen LogP contribution < -0.4 is 0 Å². The van der Waals surface area contributed by atoms with Crippen molar-refractivity contribution in [2.24, 2.45) is 0 Å². The minimum atomic E-state index is -1.01. The van der Waals surface area contributed by atoms with E-state index in [1.807, 2.05) is 18.2 Å². The fraction of sp³-hybridized carbons (Fsp3) is 0.250. The average molecular weight is 378 g/mol. The lowest BCUT2D eigenvalue weighted by atomic mass is 9.96. The normalized spacial score (nSPS) is 14.8. The summed E-state index contributed by atoms with van der Waals surface area (Å²) in [5.74, 6) is 0.0223. The molecule has 1 N–H and O–H groups in total. The molecule has 1 aliphatic heterocycles. The van der Waals surface area contributed by atoms with Gasteiger partial charge in [0.15, 0.2) is 0 Å². The number of rotatable bonds is 4. The maximum atomic E-state index is 12.6. The molecule has 0 bridgehead atoms. The van der Waals surface area contributed by atoms with Gasteiger partial charge in [0.05, 0.1) is 5.56 Å². The molecule has 0 atom stereocenters. The molecule has 142 valence electrons. The summed E-state index contributed by atoms with van der Waals surface area (Å²) < 4.78 is 5.41. The van der Waals surface area contributed by atoms with Gasteiger partial charge in [0.2, 0.25) is 11.7 Å². The number of benzene rings is 1. The van der Waals surface area contributed by atoms with E-state index in [1.165, 1.54) is 12.1 Å². The topological polar surface area (TPSA) is 109 Å². The summed E-state index contributed by atoms with van der Waals surface area (Å²) in [5.41, 5.74) is 1.31. The highest BCUT2D eigenvalue weighted by atomic mass is 16.5. The lowest BCUT2D eigenvalue weighted by Crippen LogP contribution is -2.38. The van der Waals surface area contributed by atoms with E-state index in [1.54, 1.807) is 23.2 Å². The molecule has 0 saturated carbocycles. The van der Waals surface area contributed by atoms with Crippen molar-refractivity contribution < 1.29 is 19.2 Å². The minimum absolute atomic E-state index is 0.100. The largest absolute Gasteiger partial charge is 0.478 e. The van der Waals surface area contributed by atoms with E-state index in [0.29, 0.717) is 36.1 Å². The minimum Gasteiger partial charge on any atom is -0.478 e. The van der Waals surface area contributed by atoms with Gasteiger partial charge in [-0.05, 0) is 49.2 Å². The number of likely N-dealkylation sites (tertiary alicyclic amines) is 1. The van der Waals surface area contributed by atoms with Gasteiger partial charge in [-0.25, -0.2) is 4.79 Å². The number of carbonyl (C=O) groups excluding carboxylic acids is 1. The predicted molar refractivity (Wildman–Crippen MR) is 98.8 cm³/mol. The molecular weight excluding hydrogens is 360 g/mol. The summed E-state index contributed by atoms with van der Waals surface area (Å²) in [6.07, 6.45) is 3.13. The molecule has 8 heteroatoms. The van der Waals surface area contributed by atoms with E-state index in [2.05, 4.69) is 15.1 Å². The van der Waals surface area contributed by atoms with Gasteiger partial charge in [-0.1, -0.05) is 11.2 Å². The Balaban J connectivity index is 1.39. The predicted octanol–water partition coefficient (Wildman–Crippen LogP) is 2.85. The van der Waals surface area contributed by atoms with Gasteiger partial charge in [0, 0.05) is 30.8 Å². The number of hydrogen-bond acceptors (Lipinski definition) is 6. The Bertz CT molecular complexity index is 977. The van der Waals surface area contributed by atoms with Crippen LogP contribution in [0, 0.1) is 0 Å². The van der Waals surface area contributed by atoms with Gasteiger partial charge < -0.3 is 14.5 Å². The van der Waals surface area contributed by atoms with Crippen molar-refractivity contribution in [1.82, 2.24) is 20.0 Å². The lowest BCUT2D eigenvalue weighted by Gasteiger charge is -2.30. The van der Waals surface area contributed by atoms with Gasteiger partial charge in [0.1, 0.15) is 5.69 Å². The third-order valence-electron chi connectivity index (χ3n) is 4.85. The van der Waals surface area contributed by atoms with Gasteiger partial charge in [-0.15, -0.1) is 0 Å². The number of carbonyl (C=O) groups is 2. The van der Waals surface area contributed by atoms with Crippen LogP contribution >= 0.6 is 0 Å². The third kappa shape index (κ3) is 3.62. The van der Waals surface area contributed by atoms with Gasteiger partial charge in [0.25, 0.3) is 5.91 Å². The van der Waals surface area contributed by atoms with Crippen molar-refractivity contribution in [3.63, 3.8) is 0 Å². The molecule has 1 aliphatic rings. The molecule has 28 heavy (non-hydrogen) atoms. The lowest BCUT2D eigenvalue weighted by molar-refractivity contribution is 0.0687. The second kappa shape index (κ2) is 7.59. The SMILES string of the molecule is O=C(O)c1ccc(C(=O)N2CCC(c3nc(-c4ccccn4)no3)CC2)cc1. The molecule has 0 aliphatic carbocycles. The second-order valence-corrected chi connectivity index (χ2v) is 6.62. The number of carboxylic acid groups (broad SMARTS) is 1. The number of aromatic nitrogens is 3. The number of piperidine rings is 1. The first-order valence-corrected chi connectivity index (χ1v) is 8.99. The van der Waals surface area contributed by atoms with Crippen LogP contribution in [0.1, 0.15) is 45.4 Å². The molecule has 0 spiro atoms. The number of hydrogen-bond donors (Lipinski definition) is 1. The Kier molecular flexibility index (Phi) is 4.84. The first kappa shape index (κ1) is 17.8. The summed E-state index contributed by atoms with van der Waals surface area (Å²) in [4.78, 5) is 34.0. The van der Waals surface area contributed by atoms with Crippen LogP contribution in [0.2, 0.25) is 0 Å². The van der Waals surface area contributed by atoms with Crippen LogP contribution in [-0.2, 0) is 0 Å². The molecule has 1 aromatic carbocycles.